The van der Waals surface area contributed by atoms with Gasteiger partial charge in [-0.2, -0.15) is 4.98 Å². The van der Waals surface area contributed by atoms with Gasteiger partial charge in [0.25, 0.3) is 5.89 Å². The molecule has 1 aromatic heterocycles. The van der Waals surface area contributed by atoms with E-state index in [4.69, 9.17) is 4.52 Å². The number of rotatable bonds is 5. The number of likely N-dealkylation sites (tertiary alicyclic amines) is 1. The average Bonchev–Trinajstić information content (AvgIpc) is 3.19. The Hall–Kier alpha value is -2.99. The molecule has 6 nitrogen and oxygen atoms in total. The van der Waals surface area contributed by atoms with Crippen LogP contribution in [0.25, 0.3) is 11.5 Å². The molecule has 1 N–H and O–H groups in total. The van der Waals surface area contributed by atoms with Crippen molar-refractivity contribution in [2.24, 2.45) is 5.92 Å². The standard InChI is InChI=1S/C25H30N4O2/c1-16-6-5-7-21(14-16)25-26-22(28-31-25)15-29-10-8-20(9-11-29)24(30)27-23-18(3)12-17(2)13-19(23)4/h5-7,12-14,20H,8-11,15H2,1-4H3,(H,27,30). The van der Waals surface area contributed by atoms with Crippen molar-refractivity contribution in [3.8, 4) is 11.5 Å². The molecule has 0 radical (unpaired) electrons. The number of carbonyl (C=O) groups is 1. The van der Waals surface area contributed by atoms with Crippen LogP contribution in [-0.2, 0) is 11.3 Å². The minimum atomic E-state index is 0.0319. The summed E-state index contributed by atoms with van der Waals surface area (Å²) in [4.78, 5) is 19.7. The number of carbonyl (C=O) groups excluding carboxylic acids is 1. The second-order valence-electron chi connectivity index (χ2n) is 8.70. The minimum Gasteiger partial charge on any atom is -0.334 e. The third-order valence-corrected chi connectivity index (χ3v) is 5.98. The van der Waals surface area contributed by atoms with Crippen molar-refractivity contribution >= 4 is 11.6 Å². The molecule has 162 valence electrons. The zero-order valence-electron chi connectivity index (χ0n) is 18.7. The van der Waals surface area contributed by atoms with Gasteiger partial charge in [0.2, 0.25) is 5.91 Å². The lowest BCUT2D eigenvalue weighted by Crippen LogP contribution is -2.38. The largest absolute Gasteiger partial charge is 0.334 e. The molecule has 1 fully saturated rings. The van der Waals surface area contributed by atoms with E-state index in [1.807, 2.05) is 45.0 Å². The summed E-state index contributed by atoms with van der Waals surface area (Å²) >= 11 is 0. The van der Waals surface area contributed by atoms with Crippen LogP contribution in [-0.4, -0.2) is 34.0 Å². The van der Waals surface area contributed by atoms with Gasteiger partial charge in [-0.3, -0.25) is 9.69 Å². The highest BCUT2D eigenvalue weighted by Gasteiger charge is 2.26. The monoisotopic (exact) mass is 418 g/mol. The number of piperidine rings is 1. The van der Waals surface area contributed by atoms with Crippen molar-refractivity contribution in [2.75, 3.05) is 18.4 Å². The summed E-state index contributed by atoms with van der Waals surface area (Å²) in [7, 11) is 0. The first kappa shape index (κ1) is 21.2. The molecule has 1 saturated heterocycles. The SMILES string of the molecule is Cc1cccc(-c2nc(CN3CCC(C(=O)Nc4c(C)cc(C)cc4C)CC3)no2)c1. The van der Waals surface area contributed by atoms with E-state index in [0.29, 0.717) is 18.3 Å². The number of nitrogens with zero attached hydrogens (tertiary/aromatic N) is 3. The number of hydrogen-bond donors (Lipinski definition) is 1. The zero-order valence-corrected chi connectivity index (χ0v) is 18.7. The van der Waals surface area contributed by atoms with Crippen LogP contribution in [0.15, 0.2) is 40.9 Å². The summed E-state index contributed by atoms with van der Waals surface area (Å²) in [6.07, 6.45) is 1.66. The van der Waals surface area contributed by atoms with Crippen molar-refractivity contribution in [1.82, 2.24) is 15.0 Å². The maximum absolute atomic E-state index is 12.8. The molecule has 0 aliphatic carbocycles. The van der Waals surface area contributed by atoms with E-state index >= 15 is 0 Å². The van der Waals surface area contributed by atoms with Gasteiger partial charge in [-0.1, -0.05) is 40.5 Å². The van der Waals surface area contributed by atoms with Gasteiger partial charge in [0, 0.05) is 17.2 Å². The number of hydrogen-bond acceptors (Lipinski definition) is 5. The first-order valence-electron chi connectivity index (χ1n) is 10.9. The summed E-state index contributed by atoms with van der Waals surface area (Å²) in [5.74, 6) is 1.39. The van der Waals surface area contributed by atoms with Gasteiger partial charge in [0.05, 0.1) is 6.54 Å². The molecule has 2 heterocycles. The lowest BCUT2D eigenvalue weighted by molar-refractivity contribution is -0.121. The van der Waals surface area contributed by atoms with Crippen LogP contribution in [0.5, 0.6) is 0 Å². The lowest BCUT2D eigenvalue weighted by Gasteiger charge is -2.30. The third-order valence-electron chi connectivity index (χ3n) is 5.98. The van der Waals surface area contributed by atoms with Crippen LogP contribution in [0.4, 0.5) is 5.69 Å². The van der Waals surface area contributed by atoms with Gasteiger partial charge < -0.3 is 9.84 Å². The maximum Gasteiger partial charge on any atom is 0.257 e. The highest BCUT2D eigenvalue weighted by atomic mass is 16.5. The van der Waals surface area contributed by atoms with Crippen molar-refractivity contribution in [3.63, 3.8) is 0 Å². The molecule has 0 spiro atoms. The number of amides is 1. The van der Waals surface area contributed by atoms with Gasteiger partial charge in [-0.15, -0.1) is 0 Å². The molecule has 0 bridgehead atoms. The fourth-order valence-corrected chi connectivity index (χ4v) is 4.37. The molecule has 4 rings (SSSR count). The van der Waals surface area contributed by atoms with Crippen molar-refractivity contribution in [3.05, 3.63) is 64.5 Å². The Labute approximate surface area is 183 Å². The van der Waals surface area contributed by atoms with E-state index in [0.717, 1.165) is 53.9 Å². The van der Waals surface area contributed by atoms with E-state index in [1.165, 1.54) is 5.56 Å². The second kappa shape index (κ2) is 9.02. The quantitative estimate of drug-likeness (QED) is 0.643. The van der Waals surface area contributed by atoms with Crippen LogP contribution in [0.3, 0.4) is 0 Å². The normalized spacial score (nSPS) is 15.2. The molecule has 1 amide bonds. The van der Waals surface area contributed by atoms with Crippen LogP contribution in [0.2, 0.25) is 0 Å². The van der Waals surface area contributed by atoms with Gasteiger partial charge in [0.15, 0.2) is 5.82 Å². The summed E-state index contributed by atoms with van der Waals surface area (Å²) in [6, 6.07) is 12.3. The van der Waals surface area contributed by atoms with E-state index in [1.54, 1.807) is 0 Å². The lowest BCUT2D eigenvalue weighted by atomic mass is 9.95. The second-order valence-corrected chi connectivity index (χ2v) is 8.70. The Kier molecular flexibility index (Phi) is 6.18. The molecular weight excluding hydrogens is 388 g/mol. The number of nitrogens with one attached hydrogen (secondary N) is 1. The highest BCUT2D eigenvalue weighted by molar-refractivity contribution is 5.94. The van der Waals surface area contributed by atoms with Gasteiger partial charge >= 0.3 is 0 Å². The first-order valence-corrected chi connectivity index (χ1v) is 10.9. The molecule has 0 unspecified atom stereocenters. The molecule has 1 aliphatic heterocycles. The maximum atomic E-state index is 12.8. The summed E-state index contributed by atoms with van der Waals surface area (Å²) < 4.78 is 5.45. The third kappa shape index (κ3) is 5.02. The number of aryl methyl sites for hydroxylation is 4. The Balaban J connectivity index is 1.32. The average molecular weight is 419 g/mol. The fraction of sp³-hybridized carbons (Fsp3) is 0.400. The van der Waals surface area contributed by atoms with Crippen LogP contribution >= 0.6 is 0 Å². The van der Waals surface area contributed by atoms with Crippen molar-refractivity contribution in [2.45, 2.75) is 47.1 Å². The highest BCUT2D eigenvalue weighted by Crippen LogP contribution is 2.26. The number of aromatic nitrogens is 2. The van der Waals surface area contributed by atoms with Gasteiger partial charge in [-0.05, 0) is 76.9 Å². The Morgan fingerprint density at radius 1 is 1.06 bits per heavy atom. The van der Waals surface area contributed by atoms with Crippen LogP contribution in [0, 0.1) is 33.6 Å². The van der Waals surface area contributed by atoms with Gasteiger partial charge in [0.1, 0.15) is 0 Å². The molecule has 1 aliphatic rings. The molecule has 0 atom stereocenters. The molecule has 0 saturated carbocycles. The fourth-order valence-electron chi connectivity index (χ4n) is 4.37. The Morgan fingerprint density at radius 2 is 1.77 bits per heavy atom. The molecule has 2 aromatic carbocycles. The Morgan fingerprint density at radius 3 is 2.45 bits per heavy atom. The van der Waals surface area contributed by atoms with E-state index in [9.17, 15) is 4.79 Å². The smallest absolute Gasteiger partial charge is 0.257 e. The summed E-state index contributed by atoms with van der Waals surface area (Å²) in [5.41, 5.74) is 6.50. The van der Waals surface area contributed by atoms with Gasteiger partial charge in [-0.25, -0.2) is 0 Å². The first-order chi connectivity index (χ1) is 14.9. The predicted octanol–water partition coefficient (Wildman–Crippen LogP) is 4.82. The van der Waals surface area contributed by atoms with Crippen LogP contribution < -0.4 is 5.32 Å². The number of anilines is 1. The number of benzene rings is 2. The summed E-state index contributed by atoms with van der Waals surface area (Å²) in [5, 5.41) is 7.31. The molecule has 6 heteroatoms. The zero-order chi connectivity index (χ0) is 22.0. The predicted molar refractivity (Wildman–Crippen MR) is 122 cm³/mol. The van der Waals surface area contributed by atoms with Crippen molar-refractivity contribution < 1.29 is 9.32 Å². The Bertz CT molecular complexity index is 1060. The van der Waals surface area contributed by atoms with Crippen LogP contribution in [0.1, 0.15) is 40.9 Å². The van der Waals surface area contributed by atoms with E-state index < -0.39 is 0 Å². The molecule has 3 aromatic rings. The van der Waals surface area contributed by atoms with E-state index in [2.05, 4.69) is 39.4 Å². The van der Waals surface area contributed by atoms with Crippen molar-refractivity contribution in [1.29, 1.82) is 0 Å². The minimum absolute atomic E-state index is 0.0319. The molecular formula is C25H30N4O2. The van der Waals surface area contributed by atoms with E-state index in [-0.39, 0.29) is 11.8 Å². The topological polar surface area (TPSA) is 71.3 Å². The molecule has 31 heavy (non-hydrogen) atoms. The summed E-state index contributed by atoms with van der Waals surface area (Å²) in [6.45, 7) is 10.6.